The number of rotatable bonds is 5. The summed E-state index contributed by atoms with van der Waals surface area (Å²) in [4.78, 5) is 0. The fourth-order valence-electron chi connectivity index (χ4n) is 2.02. The third kappa shape index (κ3) is 2.97. The van der Waals surface area contributed by atoms with Crippen LogP contribution in [0.5, 0.6) is 0 Å². The Hall–Kier alpha value is -1.55. The lowest BCUT2D eigenvalue weighted by Crippen LogP contribution is -2.32. The van der Waals surface area contributed by atoms with Crippen molar-refractivity contribution in [3.05, 3.63) is 35.9 Å². The SMILES string of the molecule is CC(CNC1CC1c1ccccc1)/C(N)=N/O. The molecule has 0 aliphatic heterocycles. The van der Waals surface area contributed by atoms with Gasteiger partial charge in [-0.15, -0.1) is 0 Å². The molecule has 1 aliphatic carbocycles. The third-order valence-electron chi connectivity index (χ3n) is 3.32. The maximum Gasteiger partial charge on any atom is 0.143 e. The van der Waals surface area contributed by atoms with Gasteiger partial charge in [0.25, 0.3) is 0 Å². The fraction of sp³-hybridized carbons (Fsp3) is 0.462. The van der Waals surface area contributed by atoms with Crippen LogP contribution in [0.15, 0.2) is 35.5 Å². The normalized spacial score (nSPS) is 25.6. The highest BCUT2D eigenvalue weighted by Gasteiger charge is 2.37. The number of hydrogen-bond acceptors (Lipinski definition) is 3. The van der Waals surface area contributed by atoms with Crippen LogP contribution in [0.25, 0.3) is 0 Å². The first-order valence-corrected chi connectivity index (χ1v) is 5.98. The second kappa shape index (κ2) is 5.19. The molecule has 1 saturated carbocycles. The average molecular weight is 233 g/mol. The van der Waals surface area contributed by atoms with Crippen LogP contribution in [0.3, 0.4) is 0 Å². The summed E-state index contributed by atoms with van der Waals surface area (Å²) in [5.74, 6) is 0.974. The molecule has 4 heteroatoms. The van der Waals surface area contributed by atoms with Gasteiger partial charge in [0.05, 0.1) is 0 Å². The third-order valence-corrected chi connectivity index (χ3v) is 3.32. The summed E-state index contributed by atoms with van der Waals surface area (Å²) in [6.45, 7) is 2.70. The van der Waals surface area contributed by atoms with Crippen LogP contribution in [-0.4, -0.2) is 23.6 Å². The number of hydrogen-bond donors (Lipinski definition) is 3. The number of oxime groups is 1. The molecule has 3 unspecified atom stereocenters. The van der Waals surface area contributed by atoms with Crippen LogP contribution < -0.4 is 11.1 Å². The standard InChI is InChI=1S/C13H19N3O/c1-9(13(14)16-17)8-15-12-7-11(12)10-5-3-2-4-6-10/h2-6,9,11-12,15,17H,7-8H2,1H3,(H2,14,16). The first-order chi connectivity index (χ1) is 8.22. The van der Waals surface area contributed by atoms with E-state index in [-0.39, 0.29) is 11.8 Å². The summed E-state index contributed by atoms with van der Waals surface area (Å²) in [6, 6.07) is 11.0. The highest BCUT2D eigenvalue weighted by Crippen LogP contribution is 2.40. The molecular weight excluding hydrogens is 214 g/mol. The topological polar surface area (TPSA) is 70.6 Å². The predicted octanol–water partition coefficient (Wildman–Crippen LogP) is 1.51. The minimum Gasteiger partial charge on any atom is -0.409 e. The number of nitrogens with two attached hydrogens (primary N) is 1. The van der Waals surface area contributed by atoms with Gasteiger partial charge in [0.2, 0.25) is 0 Å². The van der Waals surface area contributed by atoms with Crippen molar-refractivity contribution in [2.24, 2.45) is 16.8 Å². The molecule has 4 N–H and O–H groups in total. The Morgan fingerprint density at radius 3 is 2.88 bits per heavy atom. The van der Waals surface area contributed by atoms with Crippen LogP contribution in [-0.2, 0) is 0 Å². The van der Waals surface area contributed by atoms with E-state index in [1.807, 2.05) is 13.0 Å². The molecule has 17 heavy (non-hydrogen) atoms. The fourth-order valence-corrected chi connectivity index (χ4v) is 2.02. The van der Waals surface area contributed by atoms with Gasteiger partial charge in [-0.3, -0.25) is 0 Å². The van der Waals surface area contributed by atoms with E-state index in [4.69, 9.17) is 10.9 Å². The van der Waals surface area contributed by atoms with Gasteiger partial charge < -0.3 is 16.3 Å². The molecule has 0 aromatic heterocycles. The first-order valence-electron chi connectivity index (χ1n) is 5.98. The van der Waals surface area contributed by atoms with Crippen LogP contribution in [0.1, 0.15) is 24.8 Å². The Labute approximate surface area is 102 Å². The highest BCUT2D eigenvalue weighted by molar-refractivity contribution is 5.82. The summed E-state index contributed by atoms with van der Waals surface area (Å²) in [5.41, 5.74) is 6.92. The minimum absolute atomic E-state index is 0.0667. The molecule has 92 valence electrons. The average Bonchev–Trinajstić information content (AvgIpc) is 3.15. The van der Waals surface area contributed by atoms with Crippen LogP contribution in [0, 0.1) is 5.92 Å². The molecular formula is C13H19N3O. The zero-order valence-electron chi connectivity index (χ0n) is 10.0. The van der Waals surface area contributed by atoms with E-state index in [0.717, 1.165) is 6.54 Å². The van der Waals surface area contributed by atoms with Gasteiger partial charge in [-0.05, 0) is 12.0 Å². The molecule has 0 spiro atoms. The zero-order valence-corrected chi connectivity index (χ0v) is 10.0. The lowest BCUT2D eigenvalue weighted by atomic mass is 10.1. The molecule has 3 atom stereocenters. The lowest BCUT2D eigenvalue weighted by Gasteiger charge is -2.10. The summed E-state index contributed by atoms with van der Waals surface area (Å²) in [7, 11) is 0. The van der Waals surface area contributed by atoms with Crippen LogP contribution in [0.2, 0.25) is 0 Å². The number of amidine groups is 1. The Morgan fingerprint density at radius 2 is 2.24 bits per heavy atom. The van der Waals surface area contributed by atoms with Gasteiger partial charge in [-0.2, -0.15) is 0 Å². The molecule has 2 rings (SSSR count). The Kier molecular flexibility index (Phi) is 3.64. The maximum absolute atomic E-state index is 8.55. The van der Waals surface area contributed by atoms with Crippen molar-refractivity contribution in [1.29, 1.82) is 0 Å². The van der Waals surface area contributed by atoms with Crippen molar-refractivity contribution in [2.45, 2.75) is 25.3 Å². The van der Waals surface area contributed by atoms with E-state index in [2.05, 4.69) is 34.7 Å². The van der Waals surface area contributed by atoms with Crippen molar-refractivity contribution in [3.8, 4) is 0 Å². The molecule has 1 aromatic carbocycles. The summed E-state index contributed by atoms with van der Waals surface area (Å²) < 4.78 is 0. The quantitative estimate of drug-likeness (QED) is 0.312. The number of nitrogens with zero attached hydrogens (tertiary/aromatic N) is 1. The van der Waals surface area contributed by atoms with Crippen LogP contribution in [0.4, 0.5) is 0 Å². The van der Waals surface area contributed by atoms with Crippen LogP contribution >= 0.6 is 0 Å². The van der Waals surface area contributed by atoms with Crippen molar-refractivity contribution < 1.29 is 5.21 Å². The molecule has 1 aromatic rings. The summed E-state index contributed by atoms with van der Waals surface area (Å²) in [6.07, 6.45) is 1.17. The largest absolute Gasteiger partial charge is 0.409 e. The van der Waals surface area contributed by atoms with Gasteiger partial charge >= 0.3 is 0 Å². The van der Waals surface area contributed by atoms with E-state index in [9.17, 15) is 0 Å². The van der Waals surface area contributed by atoms with E-state index in [1.165, 1.54) is 12.0 Å². The molecule has 0 saturated heterocycles. The van der Waals surface area contributed by atoms with E-state index >= 15 is 0 Å². The monoisotopic (exact) mass is 233 g/mol. The predicted molar refractivity (Wildman–Crippen MR) is 68.2 cm³/mol. The van der Waals surface area contributed by atoms with Gasteiger partial charge in [0, 0.05) is 24.4 Å². The van der Waals surface area contributed by atoms with E-state index in [0.29, 0.717) is 12.0 Å². The minimum atomic E-state index is 0.0667. The first kappa shape index (κ1) is 11.9. The van der Waals surface area contributed by atoms with E-state index in [1.54, 1.807) is 0 Å². The molecule has 1 aliphatic rings. The molecule has 0 heterocycles. The Balaban J connectivity index is 1.77. The highest BCUT2D eigenvalue weighted by atomic mass is 16.4. The molecule has 0 bridgehead atoms. The van der Waals surface area contributed by atoms with E-state index < -0.39 is 0 Å². The second-order valence-corrected chi connectivity index (χ2v) is 4.69. The second-order valence-electron chi connectivity index (χ2n) is 4.69. The smallest absolute Gasteiger partial charge is 0.143 e. The number of nitrogens with one attached hydrogen (secondary N) is 1. The zero-order chi connectivity index (χ0) is 12.3. The van der Waals surface area contributed by atoms with Crippen molar-refractivity contribution in [3.63, 3.8) is 0 Å². The molecule has 0 amide bonds. The summed E-state index contributed by atoms with van der Waals surface area (Å²) in [5, 5.41) is 15.0. The number of benzene rings is 1. The molecule has 1 fully saturated rings. The molecule has 4 nitrogen and oxygen atoms in total. The van der Waals surface area contributed by atoms with Gasteiger partial charge in [-0.25, -0.2) is 0 Å². The van der Waals surface area contributed by atoms with Crippen molar-refractivity contribution >= 4 is 5.84 Å². The van der Waals surface area contributed by atoms with Gasteiger partial charge in [0.1, 0.15) is 5.84 Å². The lowest BCUT2D eigenvalue weighted by molar-refractivity contribution is 0.314. The summed E-state index contributed by atoms with van der Waals surface area (Å²) >= 11 is 0. The Morgan fingerprint density at radius 1 is 1.53 bits per heavy atom. The van der Waals surface area contributed by atoms with Crippen molar-refractivity contribution in [1.82, 2.24) is 5.32 Å². The van der Waals surface area contributed by atoms with Gasteiger partial charge in [0.15, 0.2) is 0 Å². The Bertz CT molecular complexity index is 391. The van der Waals surface area contributed by atoms with Crippen molar-refractivity contribution in [2.75, 3.05) is 6.54 Å². The molecule has 0 radical (unpaired) electrons. The van der Waals surface area contributed by atoms with Gasteiger partial charge in [-0.1, -0.05) is 42.4 Å². The maximum atomic E-state index is 8.55.